The third-order valence-corrected chi connectivity index (χ3v) is 6.00. The van der Waals surface area contributed by atoms with Gasteiger partial charge in [-0.1, -0.05) is 12.1 Å². The van der Waals surface area contributed by atoms with E-state index in [0.29, 0.717) is 13.0 Å². The summed E-state index contributed by atoms with van der Waals surface area (Å²) >= 11 is 3.51. The van der Waals surface area contributed by atoms with Crippen LogP contribution in [0.15, 0.2) is 28.7 Å². The van der Waals surface area contributed by atoms with Gasteiger partial charge >= 0.3 is 0 Å². The molecule has 2 heterocycles. The topological polar surface area (TPSA) is 41.4 Å². The Morgan fingerprint density at radius 3 is 2.58 bits per heavy atom. The van der Waals surface area contributed by atoms with Gasteiger partial charge in [0.1, 0.15) is 5.82 Å². The van der Waals surface area contributed by atoms with Gasteiger partial charge in [0.2, 0.25) is 5.91 Å². The Labute approximate surface area is 161 Å². The first-order chi connectivity index (χ1) is 12.4. The molecule has 26 heavy (non-hydrogen) atoms. The molecule has 0 saturated carbocycles. The number of hydrogen-bond acceptors (Lipinski definition) is 3. The number of piperazine rings is 1. The molecule has 0 radical (unpaired) electrons. The van der Waals surface area contributed by atoms with Gasteiger partial charge in [-0.05, 0) is 47.5 Å². The van der Waals surface area contributed by atoms with E-state index in [4.69, 9.17) is 0 Å². The van der Waals surface area contributed by atoms with Gasteiger partial charge in [0.15, 0.2) is 0 Å². The van der Waals surface area contributed by atoms with Crippen molar-refractivity contribution in [2.75, 3.05) is 26.2 Å². The highest BCUT2D eigenvalue weighted by molar-refractivity contribution is 9.10. The Morgan fingerprint density at radius 1 is 1.23 bits per heavy atom. The van der Waals surface area contributed by atoms with Gasteiger partial charge in [0.25, 0.3) is 0 Å². The number of rotatable bonds is 5. The standard InChI is InChI=1S/C19H24BrFN4O/c1-14-19(20)15(2)25(22-14)7-6-18(26)24-10-8-23(9-11-24)13-16-4-3-5-17(21)12-16/h3-5,12H,6-11,13H2,1-2H3. The molecule has 0 atom stereocenters. The number of hydrogen-bond donors (Lipinski definition) is 0. The molecule has 2 aromatic rings. The van der Waals surface area contributed by atoms with Crippen LogP contribution in [0.4, 0.5) is 4.39 Å². The molecule has 3 rings (SSSR count). The molecule has 1 aromatic heterocycles. The second kappa shape index (κ2) is 8.31. The summed E-state index contributed by atoms with van der Waals surface area (Å²) in [7, 11) is 0. The molecule has 0 spiro atoms. The summed E-state index contributed by atoms with van der Waals surface area (Å²) in [5.41, 5.74) is 2.97. The Kier molecular flexibility index (Phi) is 6.09. The normalized spacial score (nSPS) is 15.5. The fraction of sp³-hybridized carbons (Fsp3) is 0.474. The second-order valence-corrected chi connectivity index (χ2v) is 7.54. The molecular formula is C19H24BrFN4O. The number of carbonyl (C=O) groups is 1. The first kappa shape index (κ1) is 19.0. The van der Waals surface area contributed by atoms with Gasteiger partial charge in [0, 0.05) is 44.8 Å². The van der Waals surface area contributed by atoms with E-state index in [2.05, 4.69) is 25.9 Å². The van der Waals surface area contributed by atoms with Crippen molar-refractivity contribution >= 4 is 21.8 Å². The smallest absolute Gasteiger partial charge is 0.224 e. The maximum atomic E-state index is 13.3. The Hall–Kier alpha value is -1.73. The molecule has 1 aliphatic heterocycles. The Bertz CT molecular complexity index is 784. The predicted octanol–water partition coefficient (Wildman–Crippen LogP) is 3.14. The van der Waals surface area contributed by atoms with E-state index in [1.54, 1.807) is 12.1 Å². The van der Waals surface area contributed by atoms with Gasteiger partial charge < -0.3 is 4.90 Å². The number of nitrogens with zero attached hydrogens (tertiary/aromatic N) is 4. The number of benzene rings is 1. The van der Waals surface area contributed by atoms with Gasteiger partial charge in [-0.3, -0.25) is 14.4 Å². The summed E-state index contributed by atoms with van der Waals surface area (Å²) in [5.74, 6) is -0.0359. The summed E-state index contributed by atoms with van der Waals surface area (Å²) in [6.07, 6.45) is 0.457. The lowest BCUT2D eigenvalue weighted by Crippen LogP contribution is -2.48. The number of halogens is 2. The molecule has 1 aromatic carbocycles. The van der Waals surface area contributed by atoms with Crippen molar-refractivity contribution in [3.63, 3.8) is 0 Å². The first-order valence-corrected chi connectivity index (χ1v) is 9.67. The molecule has 5 nitrogen and oxygen atoms in total. The van der Waals surface area contributed by atoms with E-state index in [1.807, 2.05) is 29.5 Å². The van der Waals surface area contributed by atoms with Crippen molar-refractivity contribution in [1.82, 2.24) is 19.6 Å². The zero-order valence-electron chi connectivity index (χ0n) is 15.2. The number of aromatic nitrogens is 2. The third kappa shape index (κ3) is 4.51. The van der Waals surface area contributed by atoms with Crippen LogP contribution in [-0.2, 0) is 17.9 Å². The van der Waals surface area contributed by atoms with E-state index in [9.17, 15) is 9.18 Å². The van der Waals surface area contributed by atoms with E-state index >= 15 is 0 Å². The van der Waals surface area contributed by atoms with Crippen LogP contribution in [0.25, 0.3) is 0 Å². The molecule has 1 fully saturated rings. The minimum absolute atomic E-state index is 0.166. The van der Waals surface area contributed by atoms with Crippen LogP contribution in [0.3, 0.4) is 0 Å². The highest BCUT2D eigenvalue weighted by atomic mass is 79.9. The molecule has 1 saturated heterocycles. The average Bonchev–Trinajstić information content (AvgIpc) is 2.87. The minimum atomic E-state index is -0.202. The molecule has 0 bridgehead atoms. The van der Waals surface area contributed by atoms with E-state index in [1.165, 1.54) is 6.07 Å². The highest BCUT2D eigenvalue weighted by Gasteiger charge is 2.21. The quantitative estimate of drug-likeness (QED) is 0.742. The summed E-state index contributed by atoms with van der Waals surface area (Å²) in [5, 5.41) is 4.45. The SMILES string of the molecule is Cc1nn(CCC(=O)N2CCN(Cc3cccc(F)c3)CC2)c(C)c1Br. The van der Waals surface area contributed by atoms with Crippen molar-refractivity contribution in [2.45, 2.75) is 33.4 Å². The van der Waals surface area contributed by atoms with Crippen LogP contribution < -0.4 is 0 Å². The Balaban J connectivity index is 1.46. The van der Waals surface area contributed by atoms with E-state index in [0.717, 1.165) is 54.1 Å². The van der Waals surface area contributed by atoms with Crippen molar-refractivity contribution in [1.29, 1.82) is 0 Å². The molecule has 1 aliphatic rings. The summed E-state index contributed by atoms with van der Waals surface area (Å²) < 4.78 is 16.2. The van der Waals surface area contributed by atoms with Crippen molar-refractivity contribution in [3.05, 3.63) is 51.5 Å². The molecular weight excluding hydrogens is 399 g/mol. The van der Waals surface area contributed by atoms with Crippen molar-refractivity contribution < 1.29 is 9.18 Å². The molecule has 0 N–H and O–H groups in total. The van der Waals surface area contributed by atoms with E-state index < -0.39 is 0 Å². The lowest BCUT2D eigenvalue weighted by Gasteiger charge is -2.34. The maximum Gasteiger partial charge on any atom is 0.224 e. The largest absolute Gasteiger partial charge is 0.340 e. The fourth-order valence-corrected chi connectivity index (χ4v) is 3.59. The van der Waals surface area contributed by atoms with Gasteiger partial charge in [-0.2, -0.15) is 5.10 Å². The predicted molar refractivity (Wildman–Crippen MR) is 102 cm³/mol. The zero-order chi connectivity index (χ0) is 18.7. The Morgan fingerprint density at radius 2 is 1.96 bits per heavy atom. The minimum Gasteiger partial charge on any atom is -0.340 e. The first-order valence-electron chi connectivity index (χ1n) is 8.88. The lowest BCUT2D eigenvalue weighted by molar-refractivity contribution is -0.133. The number of amides is 1. The van der Waals surface area contributed by atoms with Crippen molar-refractivity contribution in [3.8, 4) is 0 Å². The summed E-state index contributed by atoms with van der Waals surface area (Å²) in [4.78, 5) is 16.7. The van der Waals surface area contributed by atoms with Gasteiger partial charge in [-0.25, -0.2) is 4.39 Å². The van der Waals surface area contributed by atoms with Crippen LogP contribution in [0.2, 0.25) is 0 Å². The van der Waals surface area contributed by atoms with Gasteiger partial charge in [0.05, 0.1) is 16.7 Å². The van der Waals surface area contributed by atoms with Crippen LogP contribution >= 0.6 is 15.9 Å². The second-order valence-electron chi connectivity index (χ2n) is 6.74. The zero-order valence-corrected chi connectivity index (χ0v) is 16.8. The highest BCUT2D eigenvalue weighted by Crippen LogP contribution is 2.20. The average molecular weight is 423 g/mol. The molecule has 140 valence electrons. The third-order valence-electron chi connectivity index (χ3n) is 4.85. The van der Waals surface area contributed by atoms with Crippen LogP contribution in [0, 0.1) is 19.7 Å². The van der Waals surface area contributed by atoms with E-state index in [-0.39, 0.29) is 11.7 Å². The summed E-state index contributed by atoms with van der Waals surface area (Å²) in [6.45, 7) is 8.33. The van der Waals surface area contributed by atoms with Crippen LogP contribution in [-0.4, -0.2) is 51.7 Å². The number of carbonyl (C=O) groups excluding carboxylic acids is 1. The van der Waals surface area contributed by atoms with Crippen LogP contribution in [0.5, 0.6) is 0 Å². The summed E-state index contributed by atoms with van der Waals surface area (Å²) in [6, 6.07) is 6.71. The van der Waals surface area contributed by atoms with Crippen LogP contribution in [0.1, 0.15) is 23.4 Å². The van der Waals surface area contributed by atoms with Crippen molar-refractivity contribution in [2.24, 2.45) is 0 Å². The molecule has 0 aliphatic carbocycles. The maximum absolute atomic E-state index is 13.3. The van der Waals surface area contributed by atoms with Gasteiger partial charge in [-0.15, -0.1) is 0 Å². The molecule has 0 unspecified atom stereocenters. The lowest BCUT2D eigenvalue weighted by atomic mass is 10.2. The monoisotopic (exact) mass is 422 g/mol. The fourth-order valence-electron chi connectivity index (χ4n) is 3.30. The number of aryl methyl sites for hydroxylation is 2. The molecule has 7 heteroatoms. The molecule has 1 amide bonds.